The average molecular weight is 534 g/mol. The van der Waals surface area contributed by atoms with Gasteiger partial charge in [-0.1, -0.05) is 11.6 Å². The summed E-state index contributed by atoms with van der Waals surface area (Å²) in [5.74, 6) is -1.48. The van der Waals surface area contributed by atoms with Gasteiger partial charge in [0.15, 0.2) is 0 Å². The van der Waals surface area contributed by atoms with Gasteiger partial charge in [-0.15, -0.1) is 11.3 Å². The van der Waals surface area contributed by atoms with E-state index in [1.54, 1.807) is 14.0 Å². The number of carbonyl (C=O) groups is 2. The molecule has 1 atom stereocenters. The predicted molar refractivity (Wildman–Crippen MR) is 121 cm³/mol. The normalized spacial score (nSPS) is 12.4. The molecule has 0 aliphatic rings. The minimum atomic E-state index is -4.71. The lowest BCUT2D eigenvalue weighted by atomic mass is 10.2. The molecule has 2 amide bonds. The smallest absolute Gasteiger partial charge is 0.343 e. The number of aryl methyl sites for hydroxylation is 1. The number of anilines is 1. The molecule has 15 heteroatoms. The molecule has 3 heterocycles. The summed E-state index contributed by atoms with van der Waals surface area (Å²) in [6, 6.07) is 0.0465. The summed E-state index contributed by atoms with van der Waals surface area (Å²) in [5.41, 5.74) is -0.258. The summed E-state index contributed by atoms with van der Waals surface area (Å²) in [6.45, 7) is 1.49. The Morgan fingerprint density at radius 3 is 2.63 bits per heavy atom. The van der Waals surface area contributed by atoms with Crippen molar-refractivity contribution in [2.75, 3.05) is 18.5 Å². The number of nitrogens with one attached hydrogen (secondary N) is 3. The standard InChI is InChI=1S/C20H20ClF4N7O2S/c1-10(30-17(33)11-6-29-32(2)14(11)8-26-4-3-22)19-28-9-15(35-19)18(34)31-16-5-12(20(23,24)25)13(21)7-27-16/h5-7,9-10,26H,3-4,8H2,1-2H3,(H,30,33)(H,27,31,34)/t10-/m1/s1. The molecule has 3 aromatic rings. The van der Waals surface area contributed by atoms with E-state index in [-0.39, 0.29) is 23.8 Å². The summed E-state index contributed by atoms with van der Waals surface area (Å²) in [4.78, 5) is 33.2. The molecule has 188 valence electrons. The molecule has 0 saturated carbocycles. The van der Waals surface area contributed by atoms with Crippen molar-refractivity contribution >= 4 is 40.6 Å². The Morgan fingerprint density at radius 2 is 1.94 bits per heavy atom. The Bertz CT molecular complexity index is 1210. The molecule has 0 aromatic carbocycles. The molecular formula is C20H20ClF4N7O2S. The van der Waals surface area contributed by atoms with E-state index in [1.165, 1.54) is 17.1 Å². The van der Waals surface area contributed by atoms with Crippen LogP contribution in [0.25, 0.3) is 0 Å². The van der Waals surface area contributed by atoms with E-state index < -0.39 is 41.3 Å². The van der Waals surface area contributed by atoms with E-state index in [0.717, 1.165) is 17.5 Å². The Hall–Kier alpha value is -3.10. The van der Waals surface area contributed by atoms with Crippen molar-refractivity contribution in [2.24, 2.45) is 7.05 Å². The van der Waals surface area contributed by atoms with Crippen molar-refractivity contribution < 1.29 is 27.2 Å². The van der Waals surface area contributed by atoms with Crippen LogP contribution in [0.4, 0.5) is 23.4 Å². The maximum atomic E-state index is 13.0. The van der Waals surface area contributed by atoms with Crippen LogP contribution in [0.5, 0.6) is 0 Å². The van der Waals surface area contributed by atoms with Crippen molar-refractivity contribution in [3.05, 3.63) is 56.4 Å². The van der Waals surface area contributed by atoms with Crippen molar-refractivity contribution in [3.63, 3.8) is 0 Å². The first-order chi connectivity index (χ1) is 16.5. The maximum Gasteiger partial charge on any atom is 0.418 e. The fourth-order valence-corrected chi connectivity index (χ4v) is 3.99. The van der Waals surface area contributed by atoms with Crippen LogP contribution in [-0.2, 0) is 19.8 Å². The summed E-state index contributed by atoms with van der Waals surface area (Å²) < 4.78 is 52.9. The zero-order chi connectivity index (χ0) is 25.8. The molecule has 35 heavy (non-hydrogen) atoms. The first-order valence-corrected chi connectivity index (χ1v) is 11.3. The molecular weight excluding hydrogens is 514 g/mol. The Balaban J connectivity index is 1.67. The number of hydrogen-bond acceptors (Lipinski definition) is 7. The molecule has 0 bridgehead atoms. The third-order valence-corrected chi connectivity index (χ3v) is 6.22. The number of hydrogen-bond donors (Lipinski definition) is 3. The summed E-state index contributed by atoms with van der Waals surface area (Å²) in [5, 5.41) is 11.8. The number of nitrogens with zero attached hydrogens (tertiary/aromatic N) is 4. The van der Waals surface area contributed by atoms with Crippen LogP contribution >= 0.6 is 22.9 Å². The largest absolute Gasteiger partial charge is 0.418 e. The minimum absolute atomic E-state index is 0.101. The molecule has 9 nitrogen and oxygen atoms in total. The Morgan fingerprint density at radius 1 is 1.20 bits per heavy atom. The zero-order valence-electron chi connectivity index (χ0n) is 18.4. The van der Waals surface area contributed by atoms with Gasteiger partial charge >= 0.3 is 6.18 Å². The highest BCUT2D eigenvalue weighted by molar-refractivity contribution is 7.13. The quantitative estimate of drug-likeness (QED) is 0.285. The summed E-state index contributed by atoms with van der Waals surface area (Å²) in [6.07, 6.45) is -1.27. The van der Waals surface area contributed by atoms with Gasteiger partial charge in [-0.05, 0) is 13.0 Å². The topological polar surface area (TPSA) is 114 Å². The van der Waals surface area contributed by atoms with Crippen molar-refractivity contribution in [3.8, 4) is 0 Å². The van der Waals surface area contributed by atoms with Crippen molar-refractivity contribution in [1.29, 1.82) is 0 Å². The highest BCUT2D eigenvalue weighted by Crippen LogP contribution is 2.35. The second-order valence-corrected chi connectivity index (χ2v) is 8.72. The fraction of sp³-hybridized carbons (Fsp3) is 0.350. The van der Waals surface area contributed by atoms with Crippen LogP contribution in [0.3, 0.4) is 0 Å². The first kappa shape index (κ1) is 26.5. The van der Waals surface area contributed by atoms with Gasteiger partial charge in [-0.25, -0.2) is 14.4 Å². The number of alkyl halides is 4. The van der Waals surface area contributed by atoms with Gasteiger partial charge in [0.25, 0.3) is 11.8 Å². The van der Waals surface area contributed by atoms with Crippen LogP contribution < -0.4 is 16.0 Å². The molecule has 0 radical (unpaired) electrons. The lowest BCUT2D eigenvalue weighted by Gasteiger charge is -2.12. The van der Waals surface area contributed by atoms with Crippen molar-refractivity contribution in [1.82, 2.24) is 30.4 Å². The van der Waals surface area contributed by atoms with Crippen LogP contribution in [0, 0.1) is 0 Å². The molecule has 3 aromatic heterocycles. The highest BCUT2D eigenvalue weighted by Gasteiger charge is 2.34. The molecule has 0 fully saturated rings. The predicted octanol–water partition coefficient (Wildman–Crippen LogP) is 3.75. The van der Waals surface area contributed by atoms with E-state index in [2.05, 4.69) is 31.0 Å². The van der Waals surface area contributed by atoms with Gasteiger partial charge in [0, 0.05) is 26.3 Å². The second-order valence-electron chi connectivity index (χ2n) is 7.25. The van der Waals surface area contributed by atoms with E-state index in [0.29, 0.717) is 22.3 Å². The van der Waals surface area contributed by atoms with Crippen LogP contribution in [0.2, 0.25) is 5.02 Å². The summed E-state index contributed by atoms with van der Waals surface area (Å²) in [7, 11) is 1.66. The minimum Gasteiger partial charge on any atom is -0.343 e. The number of rotatable bonds is 9. The molecule has 0 aliphatic heterocycles. The number of amides is 2. The number of halogens is 5. The summed E-state index contributed by atoms with van der Waals surface area (Å²) >= 11 is 6.50. The van der Waals surface area contributed by atoms with Crippen LogP contribution in [0.1, 0.15) is 49.3 Å². The van der Waals surface area contributed by atoms with Gasteiger partial charge in [0.2, 0.25) is 0 Å². The molecule has 3 N–H and O–H groups in total. The monoisotopic (exact) mass is 533 g/mol. The molecule has 0 unspecified atom stereocenters. The van der Waals surface area contributed by atoms with E-state index in [9.17, 15) is 27.2 Å². The first-order valence-electron chi connectivity index (χ1n) is 10.1. The maximum absolute atomic E-state index is 13.0. The fourth-order valence-electron chi connectivity index (χ4n) is 2.97. The highest BCUT2D eigenvalue weighted by atomic mass is 35.5. The lowest BCUT2D eigenvalue weighted by molar-refractivity contribution is -0.137. The SMILES string of the molecule is C[C@@H](NC(=O)c1cnn(C)c1CNCCF)c1ncc(C(=O)Nc2cc(C(F)(F)F)c(Cl)cn2)s1. The third-order valence-electron chi connectivity index (χ3n) is 4.74. The Kier molecular flexibility index (Phi) is 8.40. The van der Waals surface area contributed by atoms with Gasteiger partial charge in [0.1, 0.15) is 22.4 Å². The third kappa shape index (κ3) is 6.52. The van der Waals surface area contributed by atoms with Gasteiger partial charge in [-0.2, -0.15) is 18.3 Å². The van der Waals surface area contributed by atoms with Crippen LogP contribution in [-0.4, -0.2) is 44.8 Å². The molecule has 0 spiro atoms. The number of carbonyl (C=O) groups excluding carboxylic acids is 2. The Labute approximate surface area is 205 Å². The zero-order valence-corrected chi connectivity index (χ0v) is 20.0. The van der Waals surface area contributed by atoms with Gasteiger partial charge in [0.05, 0.1) is 40.3 Å². The number of thiazole rings is 1. The average Bonchev–Trinajstić information content (AvgIpc) is 3.42. The molecule has 0 aliphatic carbocycles. The molecule has 3 rings (SSSR count). The van der Waals surface area contributed by atoms with E-state index >= 15 is 0 Å². The van der Waals surface area contributed by atoms with E-state index in [4.69, 9.17) is 11.6 Å². The van der Waals surface area contributed by atoms with Crippen LogP contribution in [0.15, 0.2) is 24.7 Å². The number of aromatic nitrogens is 4. The van der Waals surface area contributed by atoms with E-state index in [1.807, 2.05) is 0 Å². The molecule has 0 saturated heterocycles. The van der Waals surface area contributed by atoms with Gasteiger partial charge < -0.3 is 16.0 Å². The number of pyridine rings is 1. The lowest BCUT2D eigenvalue weighted by Crippen LogP contribution is -2.28. The van der Waals surface area contributed by atoms with Crippen molar-refractivity contribution in [2.45, 2.75) is 25.7 Å². The van der Waals surface area contributed by atoms with Gasteiger partial charge in [-0.3, -0.25) is 14.3 Å². The second kappa shape index (κ2) is 11.1.